The van der Waals surface area contributed by atoms with Crippen LogP contribution in [-0.2, 0) is 0 Å². The standard InChI is InChI=1S/C10H10N2O/c1-12-9-4-2-8(3-5-9)10(13)6-7-11/h2-5,12H,6H2,1H3. The van der Waals surface area contributed by atoms with Gasteiger partial charge < -0.3 is 5.32 Å². The normalized spacial score (nSPS) is 8.92. The summed E-state index contributed by atoms with van der Waals surface area (Å²) < 4.78 is 0. The monoisotopic (exact) mass is 174 g/mol. The molecule has 1 aromatic rings. The van der Waals surface area contributed by atoms with Crippen LogP contribution in [0.3, 0.4) is 0 Å². The first-order chi connectivity index (χ1) is 6.27. The molecule has 1 N–H and O–H groups in total. The Morgan fingerprint density at radius 2 is 2.08 bits per heavy atom. The number of ketones is 1. The zero-order valence-corrected chi connectivity index (χ0v) is 7.37. The van der Waals surface area contributed by atoms with Gasteiger partial charge in [-0.2, -0.15) is 5.26 Å². The average molecular weight is 174 g/mol. The Morgan fingerprint density at radius 1 is 1.46 bits per heavy atom. The number of hydrogen-bond acceptors (Lipinski definition) is 3. The zero-order valence-electron chi connectivity index (χ0n) is 7.37. The van der Waals surface area contributed by atoms with E-state index in [9.17, 15) is 4.79 Å². The van der Waals surface area contributed by atoms with Crippen molar-refractivity contribution in [1.82, 2.24) is 0 Å². The van der Waals surface area contributed by atoms with Crippen molar-refractivity contribution < 1.29 is 4.79 Å². The fraction of sp³-hybridized carbons (Fsp3) is 0.200. The van der Waals surface area contributed by atoms with E-state index in [2.05, 4.69) is 5.32 Å². The lowest BCUT2D eigenvalue weighted by Crippen LogP contribution is -1.97. The molecule has 0 aliphatic carbocycles. The Morgan fingerprint density at radius 3 is 2.54 bits per heavy atom. The van der Waals surface area contributed by atoms with Crippen molar-refractivity contribution in [2.75, 3.05) is 12.4 Å². The molecular formula is C10H10N2O. The molecule has 0 radical (unpaired) electrons. The van der Waals surface area contributed by atoms with Crippen molar-refractivity contribution in [3.63, 3.8) is 0 Å². The summed E-state index contributed by atoms with van der Waals surface area (Å²) in [5.41, 5.74) is 1.54. The summed E-state index contributed by atoms with van der Waals surface area (Å²) in [7, 11) is 1.81. The molecule has 0 saturated heterocycles. The Balaban J connectivity index is 2.81. The summed E-state index contributed by atoms with van der Waals surface area (Å²) in [5.74, 6) is -0.134. The van der Waals surface area contributed by atoms with Gasteiger partial charge in [-0.1, -0.05) is 0 Å². The van der Waals surface area contributed by atoms with Crippen LogP contribution in [0.15, 0.2) is 24.3 Å². The molecule has 0 saturated carbocycles. The molecule has 0 atom stereocenters. The Kier molecular flexibility index (Phi) is 3.04. The molecule has 1 aromatic carbocycles. The SMILES string of the molecule is CNc1ccc(C(=O)CC#N)cc1. The van der Waals surface area contributed by atoms with Crippen molar-refractivity contribution in [3.8, 4) is 6.07 Å². The molecule has 0 unspecified atom stereocenters. The molecule has 0 spiro atoms. The summed E-state index contributed by atoms with van der Waals surface area (Å²) >= 11 is 0. The third-order valence-corrected chi connectivity index (χ3v) is 1.74. The van der Waals surface area contributed by atoms with Crippen LogP contribution >= 0.6 is 0 Å². The van der Waals surface area contributed by atoms with Crippen molar-refractivity contribution in [3.05, 3.63) is 29.8 Å². The maximum absolute atomic E-state index is 11.2. The van der Waals surface area contributed by atoms with E-state index in [1.807, 2.05) is 25.2 Å². The zero-order chi connectivity index (χ0) is 9.68. The van der Waals surface area contributed by atoms with Crippen molar-refractivity contribution >= 4 is 11.5 Å². The van der Waals surface area contributed by atoms with Crippen LogP contribution in [0.4, 0.5) is 5.69 Å². The van der Waals surface area contributed by atoms with Gasteiger partial charge in [0, 0.05) is 18.3 Å². The molecule has 0 aromatic heterocycles. The Hall–Kier alpha value is -1.82. The van der Waals surface area contributed by atoms with Crippen molar-refractivity contribution in [2.45, 2.75) is 6.42 Å². The van der Waals surface area contributed by atoms with Crippen LogP contribution < -0.4 is 5.32 Å². The lowest BCUT2D eigenvalue weighted by molar-refractivity contribution is 0.0998. The third kappa shape index (κ3) is 2.31. The van der Waals surface area contributed by atoms with Crippen LogP contribution in [0.2, 0.25) is 0 Å². The number of nitrogens with zero attached hydrogens (tertiary/aromatic N) is 1. The van der Waals surface area contributed by atoms with E-state index < -0.39 is 0 Å². The summed E-state index contributed by atoms with van der Waals surface area (Å²) in [6.45, 7) is 0. The van der Waals surface area contributed by atoms with Gasteiger partial charge in [0.2, 0.25) is 0 Å². The van der Waals surface area contributed by atoms with Crippen LogP contribution in [0.25, 0.3) is 0 Å². The maximum Gasteiger partial charge on any atom is 0.176 e. The van der Waals surface area contributed by atoms with Gasteiger partial charge in [0.05, 0.1) is 12.5 Å². The quantitative estimate of drug-likeness (QED) is 0.711. The molecule has 0 heterocycles. The number of benzene rings is 1. The van der Waals surface area contributed by atoms with Gasteiger partial charge in [0.25, 0.3) is 0 Å². The summed E-state index contributed by atoms with van der Waals surface area (Å²) in [5, 5.41) is 11.3. The summed E-state index contributed by atoms with van der Waals surface area (Å²) in [4.78, 5) is 11.2. The van der Waals surface area contributed by atoms with Gasteiger partial charge >= 0.3 is 0 Å². The second-order valence-electron chi connectivity index (χ2n) is 2.59. The van der Waals surface area contributed by atoms with Crippen LogP contribution in [-0.4, -0.2) is 12.8 Å². The molecule has 0 aliphatic heterocycles. The van der Waals surface area contributed by atoms with Crippen LogP contribution in [0, 0.1) is 11.3 Å². The summed E-state index contributed by atoms with van der Waals surface area (Å²) in [6.07, 6.45) is -0.0566. The lowest BCUT2D eigenvalue weighted by atomic mass is 10.1. The minimum atomic E-state index is -0.134. The number of carbonyl (C=O) groups is 1. The predicted molar refractivity (Wildman–Crippen MR) is 50.5 cm³/mol. The maximum atomic E-state index is 11.2. The molecule has 0 aliphatic rings. The van der Waals surface area contributed by atoms with Gasteiger partial charge in [0.15, 0.2) is 5.78 Å². The number of carbonyl (C=O) groups excluding carboxylic acids is 1. The van der Waals surface area contributed by atoms with E-state index in [1.54, 1.807) is 12.1 Å². The highest BCUT2D eigenvalue weighted by molar-refractivity contribution is 5.97. The van der Waals surface area contributed by atoms with E-state index in [0.29, 0.717) is 5.56 Å². The number of rotatable bonds is 3. The molecular weight excluding hydrogens is 164 g/mol. The Bertz CT molecular complexity index is 335. The minimum absolute atomic E-state index is 0.0566. The number of Topliss-reactive ketones (excluding diaryl/α,β-unsaturated/α-hetero) is 1. The van der Waals surface area contributed by atoms with E-state index in [-0.39, 0.29) is 12.2 Å². The summed E-state index contributed by atoms with van der Waals surface area (Å²) in [6, 6.07) is 8.88. The number of hydrogen-bond donors (Lipinski definition) is 1. The van der Waals surface area contributed by atoms with Gasteiger partial charge in [-0.25, -0.2) is 0 Å². The highest BCUT2D eigenvalue weighted by Gasteiger charge is 2.03. The fourth-order valence-corrected chi connectivity index (χ4v) is 0.997. The largest absolute Gasteiger partial charge is 0.388 e. The van der Waals surface area contributed by atoms with Gasteiger partial charge in [0.1, 0.15) is 0 Å². The van der Waals surface area contributed by atoms with Crippen LogP contribution in [0.1, 0.15) is 16.8 Å². The van der Waals surface area contributed by atoms with E-state index in [0.717, 1.165) is 5.69 Å². The average Bonchev–Trinajstić information content (AvgIpc) is 2.18. The highest BCUT2D eigenvalue weighted by Crippen LogP contribution is 2.09. The molecule has 0 bridgehead atoms. The first kappa shape index (κ1) is 9.27. The van der Waals surface area contributed by atoms with Gasteiger partial charge in [-0.3, -0.25) is 4.79 Å². The molecule has 0 fully saturated rings. The second-order valence-corrected chi connectivity index (χ2v) is 2.59. The topological polar surface area (TPSA) is 52.9 Å². The Labute approximate surface area is 77.0 Å². The van der Waals surface area contributed by atoms with Gasteiger partial charge in [-0.05, 0) is 24.3 Å². The van der Waals surface area contributed by atoms with Crippen molar-refractivity contribution in [2.24, 2.45) is 0 Å². The van der Waals surface area contributed by atoms with Crippen LogP contribution in [0.5, 0.6) is 0 Å². The molecule has 1 rings (SSSR count). The highest BCUT2D eigenvalue weighted by atomic mass is 16.1. The van der Waals surface area contributed by atoms with E-state index in [4.69, 9.17) is 5.26 Å². The van der Waals surface area contributed by atoms with Crippen molar-refractivity contribution in [1.29, 1.82) is 5.26 Å². The van der Waals surface area contributed by atoms with E-state index >= 15 is 0 Å². The molecule has 3 nitrogen and oxygen atoms in total. The van der Waals surface area contributed by atoms with Gasteiger partial charge in [-0.15, -0.1) is 0 Å². The first-order valence-electron chi connectivity index (χ1n) is 3.96. The smallest absolute Gasteiger partial charge is 0.176 e. The lowest BCUT2D eigenvalue weighted by Gasteiger charge is -2.00. The minimum Gasteiger partial charge on any atom is -0.388 e. The molecule has 13 heavy (non-hydrogen) atoms. The molecule has 0 amide bonds. The first-order valence-corrected chi connectivity index (χ1v) is 3.96. The van der Waals surface area contributed by atoms with E-state index in [1.165, 1.54) is 0 Å². The number of anilines is 1. The molecule has 3 heteroatoms. The fourth-order valence-electron chi connectivity index (χ4n) is 0.997. The molecule has 66 valence electrons. The number of nitriles is 1. The predicted octanol–water partition coefficient (Wildman–Crippen LogP) is 1.82. The third-order valence-electron chi connectivity index (χ3n) is 1.74. The number of nitrogens with one attached hydrogen (secondary N) is 1. The second kappa shape index (κ2) is 4.27.